The number of rotatable bonds is 5. The second-order valence-electron chi connectivity index (χ2n) is 5.28. The molecule has 0 radical (unpaired) electrons. The number of likely N-dealkylation sites (N-methyl/N-ethyl adjacent to an activating group) is 1. The summed E-state index contributed by atoms with van der Waals surface area (Å²) in [6.07, 6.45) is 0.169. The van der Waals surface area contributed by atoms with E-state index in [0.29, 0.717) is 12.4 Å². The smallest absolute Gasteiger partial charge is 0.417 e. The van der Waals surface area contributed by atoms with Gasteiger partial charge in [-0.3, -0.25) is 4.52 Å². The van der Waals surface area contributed by atoms with Gasteiger partial charge < -0.3 is 14.7 Å². The maximum Gasteiger partial charge on any atom is 0.417 e. The number of aromatic hydroxyl groups is 1. The molecule has 1 aromatic heterocycles. The Morgan fingerprint density at radius 2 is 1.91 bits per heavy atom. The van der Waals surface area contributed by atoms with Gasteiger partial charge in [-0.25, -0.2) is 0 Å². The van der Waals surface area contributed by atoms with Crippen molar-refractivity contribution in [2.45, 2.75) is 0 Å². The number of hydrogen-bond acceptors (Lipinski definition) is 6. The van der Waals surface area contributed by atoms with E-state index in [9.17, 15) is 5.11 Å². The van der Waals surface area contributed by atoms with E-state index in [2.05, 4.69) is 10.1 Å². The van der Waals surface area contributed by atoms with E-state index < -0.39 is 0 Å². The van der Waals surface area contributed by atoms with Gasteiger partial charge in [-0.2, -0.15) is 4.98 Å². The monoisotopic (exact) mass is 299 g/mol. The molecule has 114 valence electrons. The number of hydrogen-bond donors (Lipinski definition) is 1. The van der Waals surface area contributed by atoms with Crippen LogP contribution < -0.4 is 4.74 Å². The summed E-state index contributed by atoms with van der Waals surface area (Å²) in [6.45, 7) is 1.27. The van der Waals surface area contributed by atoms with Gasteiger partial charge in [-0.05, 0) is 43.1 Å². The quantitative estimate of drug-likeness (QED) is 0.780. The topological polar surface area (TPSA) is 71.6 Å². The Labute approximate surface area is 127 Å². The first kappa shape index (κ1) is 14.3. The minimum absolute atomic E-state index is 0.169. The third-order valence-electron chi connectivity index (χ3n) is 3.25. The Balaban J connectivity index is 1.79. The molecule has 0 bridgehead atoms. The zero-order valence-corrected chi connectivity index (χ0v) is 12.5. The highest BCUT2D eigenvalue weighted by Gasteiger charge is 2.10. The van der Waals surface area contributed by atoms with Crippen molar-refractivity contribution in [2.24, 2.45) is 0 Å². The van der Waals surface area contributed by atoms with Crippen LogP contribution in [0, 0.1) is 0 Å². The summed E-state index contributed by atoms with van der Waals surface area (Å²) in [6, 6.07) is 11.0. The van der Waals surface area contributed by atoms with E-state index in [1.807, 2.05) is 43.3 Å². The highest BCUT2D eigenvalue weighted by atomic mass is 16.6. The second-order valence-corrected chi connectivity index (χ2v) is 5.28. The first-order valence-corrected chi connectivity index (χ1v) is 6.96. The average molecular weight is 299 g/mol. The van der Waals surface area contributed by atoms with Gasteiger partial charge >= 0.3 is 6.08 Å². The molecule has 2 aromatic carbocycles. The van der Waals surface area contributed by atoms with Crippen molar-refractivity contribution in [1.29, 1.82) is 0 Å². The molecule has 0 atom stereocenters. The van der Waals surface area contributed by atoms with Crippen LogP contribution in [0.15, 0.2) is 40.9 Å². The molecular formula is C16H17N3O3. The minimum Gasteiger partial charge on any atom is -0.508 e. The summed E-state index contributed by atoms with van der Waals surface area (Å²) in [5, 5.41) is 15.4. The number of phenols is 1. The van der Waals surface area contributed by atoms with Crippen LogP contribution in [0.4, 0.5) is 0 Å². The van der Waals surface area contributed by atoms with Gasteiger partial charge in [0.1, 0.15) is 12.4 Å². The lowest BCUT2D eigenvalue weighted by molar-refractivity contribution is 0.184. The van der Waals surface area contributed by atoms with Gasteiger partial charge in [0, 0.05) is 12.1 Å². The summed E-state index contributed by atoms with van der Waals surface area (Å²) in [5.41, 5.74) is 0.837. The fourth-order valence-corrected chi connectivity index (χ4v) is 2.07. The Morgan fingerprint density at radius 3 is 2.73 bits per heavy atom. The van der Waals surface area contributed by atoms with Gasteiger partial charge in [0.2, 0.25) is 5.82 Å². The predicted octanol–water partition coefficient (Wildman–Crippen LogP) is 2.54. The molecule has 3 rings (SSSR count). The van der Waals surface area contributed by atoms with Crippen LogP contribution >= 0.6 is 0 Å². The van der Waals surface area contributed by atoms with E-state index in [0.717, 1.165) is 22.9 Å². The maximum atomic E-state index is 9.48. The summed E-state index contributed by atoms with van der Waals surface area (Å²) >= 11 is 0. The number of ether oxygens (including phenoxy) is 1. The fourth-order valence-electron chi connectivity index (χ4n) is 2.07. The van der Waals surface area contributed by atoms with Crippen LogP contribution in [0.3, 0.4) is 0 Å². The molecule has 0 amide bonds. The zero-order valence-electron chi connectivity index (χ0n) is 12.5. The van der Waals surface area contributed by atoms with Gasteiger partial charge in [0.05, 0.1) is 0 Å². The Morgan fingerprint density at radius 1 is 1.14 bits per heavy atom. The lowest BCUT2D eigenvalue weighted by Gasteiger charge is -2.07. The van der Waals surface area contributed by atoms with Crippen molar-refractivity contribution < 1.29 is 14.4 Å². The van der Waals surface area contributed by atoms with Gasteiger partial charge in [-0.1, -0.05) is 23.4 Å². The number of fused-ring (bicyclic) bond motifs is 1. The predicted molar refractivity (Wildman–Crippen MR) is 83.0 cm³/mol. The van der Waals surface area contributed by atoms with Crippen LogP contribution in [0.25, 0.3) is 22.2 Å². The van der Waals surface area contributed by atoms with E-state index in [1.54, 1.807) is 12.1 Å². The molecule has 0 fully saturated rings. The van der Waals surface area contributed by atoms with E-state index in [-0.39, 0.29) is 11.8 Å². The van der Waals surface area contributed by atoms with Crippen molar-refractivity contribution in [3.63, 3.8) is 0 Å². The van der Waals surface area contributed by atoms with Gasteiger partial charge in [0.15, 0.2) is 0 Å². The van der Waals surface area contributed by atoms with Crippen molar-refractivity contribution in [1.82, 2.24) is 15.0 Å². The third-order valence-corrected chi connectivity index (χ3v) is 3.25. The SMILES string of the molecule is CN(C)CCOc1nc(-c2ccc3cc(O)ccc3c2)no1. The first-order chi connectivity index (χ1) is 10.6. The van der Waals surface area contributed by atoms with Crippen LogP contribution in [-0.4, -0.2) is 47.4 Å². The fraction of sp³-hybridized carbons (Fsp3) is 0.250. The summed E-state index contributed by atoms with van der Waals surface area (Å²) in [7, 11) is 3.94. The van der Waals surface area contributed by atoms with Crippen LogP contribution in [0.2, 0.25) is 0 Å². The molecule has 6 nitrogen and oxygen atoms in total. The van der Waals surface area contributed by atoms with Gasteiger partial charge in [0.25, 0.3) is 0 Å². The number of benzene rings is 2. The highest BCUT2D eigenvalue weighted by molar-refractivity contribution is 5.87. The molecule has 6 heteroatoms. The molecule has 0 unspecified atom stereocenters. The van der Waals surface area contributed by atoms with Crippen molar-refractivity contribution >= 4 is 10.8 Å². The second kappa shape index (κ2) is 6.03. The molecule has 0 spiro atoms. The van der Waals surface area contributed by atoms with Crippen LogP contribution in [0.1, 0.15) is 0 Å². The summed E-state index contributed by atoms with van der Waals surface area (Å²) in [4.78, 5) is 6.24. The van der Waals surface area contributed by atoms with E-state index >= 15 is 0 Å². The molecule has 22 heavy (non-hydrogen) atoms. The molecule has 0 saturated carbocycles. The number of aromatic nitrogens is 2. The summed E-state index contributed by atoms with van der Waals surface area (Å²) in [5.74, 6) is 0.728. The molecule has 1 N–H and O–H groups in total. The molecule has 1 heterocycles. The number of phenolic OH excluding ortho intramolecular Hbond substituents is 1. The summed E-state index contributed by atoms with van der Waals surface area (Å²) < 4.78 is 10.5. The molecule has 0 aliphatic carbocycles. The van der Waals surface area contributed by atoms with E-state index in [4.69, 9.17) is 9.26 Å². The lowest BCUT2D eigenvalue weighted by Crippen LogP contribution is -2.19. The largest absolute Gasteiger partial charge is 0.508 e. The zero-order chi connectivity index (χ0) is 15.5. The molecule has 3 aromatic rings. The Kier molecular flexibility index (Phi) is 3.93. The highest BCUT2D eigenvalue weighted by Crippen LogP contribution is 2.26. The molecule has 0 aliphatic heterocycles. The minimum atomic E-state index is 0.169. The molecule has 0 aliphatic rings. The van der Waals surface area contributed by atoms with E-state index in [1.165, 1.54) is 0 Å². The third kappa shape index (κ3) is 3.17. The van der Waals surface area contributed by atoms with Crippen LogP contribution in [0.5, 0.6) is 11.8 Å². The van der Waals surface area contributed by atoms with Crippen molar-refractivity contribution in [3.05, 3.63) is 36.4 Å². The normalized spacial score (nSPS) is 11.2. The number of nitrogens with zero attached hydrogens (tertiary/aromatic N) is 3. The average Bonchev–Trinajstić information content (AvgIpc) is 2.95. The first-order valence-electron chi connectivity index (χ1n) is 6.96. The standard InChI is InChI=1S/C16H17N3O3/c1-19(2)7-8-21-16-17-15(18-22-16)13-4-3-12-10-14(20)6-5-11(12)9-13/h3-6,9-10,20H,7-8H2,1-2H3. The van der Waals surface area contributed by atoms with Crippen molar-refractivity contribution in [3.8, 4) is 23.2 Å². The molecular weight excluding hydrogens is 282 g/mol. The lowest BCUT2D eigenvalue weighted by atomic mass is 10.1. The van der Waals surface area contributed by atoms with Crippen molar-refractivity contribution in [2.75, 3.05) is 27.2 Å². The molecule has 0 saturated heterocycles. The Bertz CT molecular complexity index is 783. The maximum absolute atomic E-state index is 9.48. The van der Waals surface area contributed by atoms with Crippen LogP contribution in [-0.2, 0) is 0 Å². The Hall–Kier alpha value is -2.60. The van der Waals surface area contributed by atoms with Gasteiger partial charge in [-0.15, -0.1) is 0 Å².